The maximum absolute atomic E-state index is 12.9. The van der Waals surface area contributed by atoms with Crippen LogP contribution in [0.25, 0.3) is 0 Å². The van der Waals surface area contributed by atoms with Gasteiger partial charge in [0.15, 0.2) is 0 Å². The van der Waals surface area contributed by atoms with Gasteiger partial charge < -0.3 is 14.9 Å². The molecule has 1 aromatic carbocycles. The van der Waals surface area contributed by atoms with Crippen LogP contribution in [0.3, 0.4) is 0 Å². The molecule has 1 aromatic heterocycles. The van der Waals surface area contributed by atoms with Crippen LogP contribution in [0, 0.1) is 5.82 Å². The van der Waals surface area contributed by atoms with Crippen molar-refractivity contribution in [2.45, 2.75) is 6.61 Å². The Hall–Kier alpha value is -2.47. The van der Waals surface area contributed by atoms with E-state index < -0.39 is 11.8 Å². The maximum Gasteiger partial charge on any atom is 0.341 e. The molecule has 19 heavy (non-hydrogen) atoms. The number of aliphatic hydroxyl groups is 1. The largest absolute Gasteiger partial charge is 0.477 e. The summed E-state index contributed by atoms with van der Waals surface area (Å²) in [5.74, 6) is -1.92. The number of aliphatic hydroxyl groups excluding tert-OH is 1. The Bertz CT molecular complexity index is 598. The molecule has 98 valence electrons. The van der Waals surface area contributed by atoms with Crippen molar-refractivity contribution < 1.29 is 24.1 Å². The highest BCUT2D eigenvalue weighted by Crippen LogP contribution is 2.24. The lowest BCUT2D eigenvalue weighted by Gasteiger charge is -2.07. The highest BCUT2D eigenvalue weighted by atomic mass is 19.1. The SMILES string of the molecule is O=C(O)c1cc(F)cnc1Oc1ccc(CO)cc1. The maximum atomic E-state index is 12.9. The van der Waals surface area contributed by atoms with Gasteiger partial charge >= 0.3 is 5.97 Å². The first-order valence-corrected chi connectivity index (χ1v) is 5.36. The van der Waals surface area contributed by atoms with Gasteiger partial charge in [-0.1, -0.05) is 12.1 Å². The number of carboxylic acid groups (broad SMARTS) is 1. The Labute approximate surface area is 107 Å². The summed E-state index contributed by atoms with van der Waals surface area (Å²) in [6, 6.07) is 7.20. The van der Waals surface area contributed by atoms with Gasteiger partial charge in [0.05, 0.1) is 12.8 Å². The number of nitrogens with zero attached hydrogens (tertiary/aromatic N) is 1. The van der Waals surface area contributed by atoms with Crippen LogP contribution in [0.15, 0.2) is 36.5 Å². The van der Waals surface area contributed by atoms with Crippen LogP contribution in [0.2, 0.25) is 0 Å². The summed E-state index contributed by atoms with van der Waals surface area (Å²) in [6.07, 6.45) is 0.879. The third-order valence-electron chi connectivity index (χ3n) is 2.37. The zero-order valence-corrected chi connectivity index (χ0v) is 9.71. The first-order chi connectivity index (χ1) is 9.10. The van der Waals surface area contributed by atoms with Gasteiger partial charge in [-0.3, -0.25) is 0 Å². The molecule has 0 saturated carbocycles. The van der Waals surface area contributed by atoms with Gasteiger partial charge in [-0.25, -0.2) is 14.2 Å². The Morgan fingerprint density at radius 2 is 2.00 bits per heavy atom. The van der Waals surface area contributed by atoms with Gasteiger partial charge in [0.2, 0.25) is 5.88 Å². The fourth-order valence-corrected chi connectivity index (χ4v) is 1.44. The second-order valence-corrected chi connectivity index (χ2v) is 3.72. The average Bonchev–Trinajstić information content (AvgIpc) is 2.41. The van der Waals surface area contributed by atoms with Crippen molar-refractivity contribution in [2.24, 2.45) is 0 Å². The summed E-state index contributed by atoms with van der Waals surface area (Å²) in [5, 5.41) is 17.8. The Morgan fingerprint density at radius 1 is 1.32 bits per heavy atom. The van der Waals surface area contributed by atoms with Crippen molar-refractivity contribution in [2.75, 3.05) is 0 Å². The van der Waals surface area contributed by atoms with Gasteiger partial charge in [-0.15, -0.1) is 0 Å². The van der Waals surface area contributed by atoms with E-state index in [1.54, 1.807) is 24.3 Å². The Morgan fingerprint density at radius 3 is 2.58 bits per heavy atom. The number of halogens is 1. The number of rotatable bonds is 4. The normalized spacial score (nSPS) is 10.2. The van der Waals surface area contributed by atoms with E-state index in [0.717, 1.165) is 12.3 Å². The van der Waals surface area contributed by atoms with E-state index in [1.807, 2.05) is 0 Å². The van der Waals surface area contributed by atoms with Crippen LogP contribution in [0.1, 0.15) is 15.9 Å². The molecular weight excluding hydrogens is 253 g/mol. The molecule has 2 rings (SSSR count). The molecule has 0 aliphatic carbocycles. The molecule has 5 nitrogen and oxygen atoms in total. The Kier molecular flexibility index (Phi) is 3.72. The van der Waals surface area contributed by atoms with Crippen molar-refractivity contribution >= 4 is 5.97 Å². The number of carbonyl (C=O) groups is 1. The molecule has 2 aromatic rings. The van der Waals surface area contributed by atoms with Crippen LogP contribution in [-0.4, -0.2) is 21.2 Å². The van der Waals surface area contributed by atoms with Gasteiger partial charge in [-0.2, -0.15) is 0 Å². The number of benzene rings is 1. The number of hydrogen-bond acceptors (Lipinski definition) is 4. The molecule has 0 aliphatic heterocycles. The molecule has 0 saturated heterocycles. The smallest absolute Gasteiger partial charge is 0.341 e. The first-order valence-electron chi connectivity index (χ1n) is 5.36. The van der Waals surface area contributed by atoms with E-state index in [2.05, 4.69) is 4.98 Å². The fourth-order valence-electron chi connectivity index (χ4n) is 1.44. The third kappa shape index (κ3) is 3.05. The molecule has 2 N–H and O–H groups in total. The molecule has 0 spiro atoms. The highest BCUT2D eigenvalue weighted by molar-refractivity contribution is 5.90. The van der Waals surface area contributed by atoms with E-state index in [1.165, 1.54) is 0 Å². The van der Waals surface area contributed by atoms with E-state index in [-0.39, 0.29) is 18.1 Å². The predicted octanol–water partition coefficient (Wildman–Crippen LogP) is 2.20. The van der Waals surface area contributed by atoms with Gasteiger partial charge in [0, 0.05) is 0 Å². The van der Waals surface area contributed by atoms with Gasteiger partial charge in [0.25, 0.3) is 0 Å². The molecule has 0 amide bonds. The number of pyridine rings is 1. The monoisotopic (exact) mass is 263 g/mol. The summed E-state index contributed by atoms with van der Waals surface area (Å²) in [7, 11) is 0. The minimum atomic E-state index is -1.33. The summed E-state index contributed by atoms with van der Waals surface area (Å²) in [6.45, 7) is -0.102. The molecule has 0 unspecified atom stereocenters. The lowest BCUT2D eigenvalue weighted by Crippen LogP contribution is -2.03. The summed E-state index contributed by atoms with van der Waals surface area (Å²) in [4.78, 5) is 14.6. The van der Waals surface area contributed by atoms with Crippen LogP contribution in [0.4, 0.5) is 4.39 Å². The van der Waals surface area contributed by atoms with E-state index >= 15 is 0 Å². The molecule has 0 fully saturated rings. The number of aromatic nitrogens is 1. The standard InChI is InChI=1S/C13H10FNO4/c14-9-5-11(13(17)18)12(15-6-9)19-10-3-1-8(7-16)2-4-10/h1-6,16H,7H2,(H,17,18). The predicted molar refractivity (Wildman–Crippen MR) is 63.6 cm³/mol. The van der Waals surface area contributed by atoms with Gasteiger partial charge in [0.1, 0.15) is 17.1 Å². The van der Waals surface area contributed by atoms with Crippen molar-refractivity contribution in [3.05, 3.63) is 53.5 Å². The minimum Gasteiger partial charge on any atom is -0.477 e. The van der Waals surface area contributed by atoms with Crippen LogP contribution < -0.4 is 4.74 Å². The number of hydrogen-bond donors (Lipinski definition) is 2. The van der Waals surface area contributed by atoms with E-state index in [9.17, 15) is 9.18 Å². The third-order valence-corrected chi connectivity index (χ3v) is 2.37. The van der Waals surface area contributed by atoms with Crippen molar-refractivity contribution in [1.29, 1.82) is 0 Å². The summed E-state index contributed by atoms with van der Waals surface area (Å²) in [5.41, 5.74) is 0.337. The lowest BCUT2D eigenvalue weighted by molar-refractivity contribution is 0.0692. The topological polar surface area (TPSA) is 79.7 Å². The molecule has 6 heteroatoms. The average molecular weight is 263 g/mol. The highest BCUT2D eigenvalue weighted by Gasteiger charge is 2.15. The van der Waals surface area contributed by atoms with Crippen molar-refractivity contribution in [3.63, 3.8) is 0 Å². The zero-order chi connectivity index (χ0) is 13.8. The summed E-state index contributed by atoms with van der Waals surface area (Å²) < 4.78 is 18.2. The zero-order valence-electron chi connectivity index (χ0n) is 9.71. The quantitative estimate of drug-likeness (QED) is 0.884. The van der Waals surface area contributed by atoms with Gasteiger partial charge in [-0.05, 0) is 23.8 Å². The second-order valence-electron chi connectivity index (χ2n) is 3.72. The van der Waals surface area contributed by atoms with Crippen LogP contribution in [-0.2, 0) is 6.61 Å². The van der Waals surface area contributed by atoms with E-state index in [0.29, 0.717) is 11.3 Å². The lowest BCUT2D eigenvalue weighted by atomic mass is 10.2. The Balaban J connectivity index is 2.29. The first kappa shape index (κ1) is 13.0. The molecule has 1 heterocycles. The molecule has 0 atom stereocenters. The molecule has 0 aliphatic rings. The van der Waals surface area contributed by atoms with Crippen molar-refractivity contribution in [1.82, 2.24) is 4.98 Å². The minimum absolute atomic E-state index is 0.102. The summed E-state index contributed by atoms with van der Waals surface area (Å²) >= 11 is 0. The number of aromatic carboxylic acids is 1. The van der Waals surface area contributed by atoms with Crippen LogP contribution in [0.5, 0.6) is 11.6 Å². The van der Waals surface area contributed by atoms with Crippen molar-refractivity contribution in [3.8, 4) is 11.6 Å². The molecule has 0 radical (unpaired) electrons. The van der Waals surface area contributed by atoms with Crippen LogP contribution >= 0.6 is 0 Å². The number of ether oxygens (including phenoxy) is 1. The van der Waals surface area contributed by atoms with E-state index in [4.69, 9.17) is 14.9 Å². The fraction of sp³-hybridized carbons (Fsp3) is 0.0769. The second kappa shape index (κ2) is 5.45. The molecular formula is C13H10FNO4. The molecule has 0 bridgehead atoms. The number of carboxylic acids is 1.